The van der Waals surface area contributed by atoms with Crippen LogP contribution in [0.1, 0.15) is 6.42 Å². The van der Waals surface area contributed by atoms with E-state index in [0.717, 1.165) is 18.1 Å². The highest BCUT2D eigenvalue weighted by molar-refractivity contribution is 7.99. The zero-order valence-electron chi connectivity index (χ0n) is 13.0. The molecule has 0 bridgehead atoms. The van der Waals surface area contributed by atoms with Crippen molar-refractivity contribution >= 4 is 35.8 Å². The second-order valence-electron chi connectivity index (χ2n) is 4.96. The number of methoxy groups -OCH3 is 1. The van der Waals surface area contributed by atoms with Crippen LogP contribution in [0.4, 0.5) is 10.1 Å². The van der Waals surface area contributed by atoms with Crippen molar-refractivity contribution in [2.45, 2.75) is 12.5 Å². The molecule has 1 amide bonds. The van der Waals surface area contributed by atoms with Gasteiger partial charge in [-0.3, -0.25) is 4.79 Å². The third-order valence-electron chi connectivity index (χ3n) is 3.19. The molecule has 1 aromatic rings. The molecule has 130 valence electrons. The Morgan fingerprint density at radius 2 is 2.30 bits per heavy atom. The van der Waals surface area contributed by atoms with E-state index in [2.05, 4.69) is 10.6 Å². The lowest BCUT2D eigenvalue weighted by atomic mass is 10.2. The summed E-state index contributed by atoms with van der Waals surface area (Å²) in [6, 6.07) is 4.59. The highest BCUT2D eigenvalue weighted by Gasteiger charge is 2.17. The fourth-order valence-electron chi connectivity index (χ4n) is 2.12. The summed E-state index contributed by atoms with van der Waals surface area (Å²) in [7, 11) is 1.55. The van der Waals surface area contributed by atoms with Crippen molar-refractivity contribution in [2.75, 3.05) is 43.7 Å². The molecule has 1 aromatic carbocycles. The minimum Gasteiger partial charge on any atom is -0.488 e. The molecule has 8 heteroatoms. The SMILES string of the molecule is COCCOc1ccc(NC(=O)CC2CSCCN2)cc1F.Cl. The Bertz CT molecular complexity index is 502. The van der Waals surface area contributed by atoms with E-state index < -0.39 is 5.82 Å². The number of carbonyl (C=O) groups is 1. The molecule has 1 heterocycles. The summed E-state index contributed by atoms with van der Waals surface area (Å²) < 4.78 is 23.9. The normalized spacial score (nSPS) is 17.2. The minimum atomic E-state index is -0.500. The molecule has 2 N–H and O–H groups in total. The zero-order valence-corrected chi connectivity index (χ0v) is 14.6. The van der Waals surface area contributed by atoms with E-state index in [0.29, 0.717) is 18.7 Å². The van der Waals surface area contributed by atoms with E-state index in [-0.39, 0.29) is 36.7 Å². The summed E-state index contributed by atoms with van der Waals surface area (Å²) in [5.74, 6) is 1.54. The highest BCUT2D eigenvalue weighted by Crippen LogP contribution is 2.21. The molecule has 0 spiro atoms. The van der Waals surface area contributed by atoms with Crippen LogP contribution < -0.4 is 15.4 Å². The average Bonchev–Trinajstić information content (AvgIpc) is 2.50. The van der Waals surface area contributed by atoms with Crippen LogP contribution in [0.5, 0.6) is 5.75 Å². The van der Waals surface area contributed by atoms with Crippen molar-refractivity contribution in [3.63, 3.8) is 0 Å². The number of rotatable bonds is 7. The first-order valence-electron chi connectivity index (χ1n) is 7.21. The molecule has 1 unspecified atom stereocenters. The second kappa shape index (κ2) is 10.7. The molecule has 23 heavy (non-hydrogen) atoms. The Balaban J connectivity index is 0.00000264. The van der Waals surface area contributed by atoms with Gasteiger partial charge in [0.2, 0.25) is 5.91 Å². The number of carbonyl (C=O) groups excluding carboxylic acids is 1. The van der Waals surface area contributed by atoms with Gasteiger partial charge in [-0.25, -0.2) is 4.39 Å². The molecule has 5 nitrogen and oxygen atoms in total. The first-order chi connectivity index (χ1) is 10.7. The van der Waals surface area contributed by atoms with Crippen LogP contribution in [0, 0.1) is 5.82 Å². The molecule has 1 aliphatic heterocycles. The zero-order chi connectivity index (χ0) is 15.8. The van der Waals surface area contributed by atoms with Crippen molar-refractivity contribution in [3.8, 4) is 5.75 Å². The quantitative estimate of drug-likeness (QED) is 0.727. The number of thioether (sulfide) groups is 1. The summed E-state index contributed by atoms with van der Waals surface area (Å²) in [5, 5.41) is 6.01. The monoisotopic (exact) mass is 364 g/mol. The summed E-state index contributed by atoms with van der Waals surface area (Å²) in [6.45, 7) is 1.60. The van der Waals surface area contributed by atoms with E-state index in [4.69, 9.17) is 9.47 Å². The van der Waals surface area contributed by atoms with Crippen molar-refractivity contribution in [3.05, 3.63) is 24.0 Å². The Morgan fingerprint density at radius 1 is 1.48 bits per heavy atom. The molecule has 1 atom stereocenters. The second-order valence-corrected chi connectivity index (χ2v) is 6.11. The van der Waals surface area contributed by atoms with Crippen molar-refractivity contribution in [2.24, 2.45) is 0 Å². The van der Waals surface area contributed by atoms with Gasteiger partial charge in [0.1, 0.15) is 6.61 Å². The maximum atomic E-state index is 13.9. The number of hydrogen-bond acceptors (Lipinski definition) is 5. The standard InChI is InChI=1S/C15H21FN2O3S.ClH/c1-20-5-6-21-14-3-2-11(8-13(14)16)18-15(19)9-12-10-22-7-4-17-12;/h2-3,8,12,17H,4-7,9-10H2,1H3,(H,18,19);1H. The summed E-state index contributed by atoms with van der Waals surface area (Å²) >= 11 is 1.84. The molecular formula is C15H22ClFN2O3S. The summed E-state index contributed by atoms with van der Waals surface area (Å²) in [5.41, 5.74) is 0.435. The van der Waals surface area contributed by atoms with Crippen molar-refractivity contribution in [1.82, 2.24) is 5.32 Å². The van der Waals surface area contributed by atoms with Gasteiger partial charge in [0, 0.05) is 49.4 Å². The van der Waals surface area contributed by atoms with Gasteiger partial charge in [0.05, 0.1) is 6.61 Å². The van der Waals surface area contributed by atoms with Gasteiger partial charge in [-0.05, 0) is 12.1 Å². The first-order valence-corrected chi connectivity index (χ1v) is 8.37. The van der Waals surface area contributed by atoms with Crippen LogP contribution >= 0.6 is 24.2 Å². The summed E-state index contributed by atoms with van der Waals surface area (Å²) in [4.78, 5) is 12.0. The fraction of sp³-hybridized carbons (Fsp3) is 0.533. The number of nitrogens with one attached hydrogen (secondary N) is 2. The topological polar surface area (TPSA) is 59.6 Å². The molecule has 2 rings (SSSR count). The number of ether oxygens (including phenoxy) is 2. The predicted molar refractivity (Wildman–Crippen MR) is 93.4 cm³/mol. The van der Waals surface area contributed by atoms with Gasteiger partial charge in [-0.2, -0.15) is 11.8 Å². The van der Waals surface area contributed by atoms with Crippen LogP contribution in [0.3, 0.4) is 0 Å². The van der Waals surface area contributed by atoms with Gasteiger partial charge < -0.3 is 20.1 Å². The van der Waals surface area contributed by atoms with Crippen LogP contribution in [0.15, 0.2) is 18.2 Å². The van der Waals surface area contributed by atoms with Crippen LogP contribution in [0.25, 0.3) is 0 Å². The van der Waals surface area contributed by atoms with Gasteiger partial charge in [0.15, 0.2) is 11.6 Å². The molecule has 0 aliphatic carbocycles. The predicted octanol–water partition coefficient (Wildman–Crippen LogP) is 2.31. The van der Waals surface area contributed by atoms with Gasteiger partial charge in [-0.15, -0.1) is 12.4 Å². The van der Waals surface area contributed by atoms with Gasteiger partial charge in [-0.1, -0.05) is 0 Å². The molecule has 0 radical (unpaired) electrons. The number of hydrogen-bond donors (Lipinski definition) is 2. The lowest BCUT2D eigenvalue weighted by molar-refractivity contribution is -0.116. The van der Waals surface area contributed by atoms with E-state index in [1.54, 1.807) is 13.2 Å². The lowest BCUT2D eigenvalue weighted by Crippen LogP contribution is -2.39. The van der Waals surface area contributed by atoms with Gasteiger partial charge >= 0.3 is 0 Å². The Morgan fingerprint density at radius 3 is 2.96 bits per heavy atom. The van der Waals surface area contributed by atoms with E-state index in [1.807, 2.05) is 11.8 Å². The molecule has 1 saturated heterocycles. The Labute approximate surface area is 146 Å². The Hall–Kier alpha value is -1.02. The van der Waals surface area contributed by atoms with Crippen LogP contribution in [-0.4, -0.2) is 50.3 Å². The van der Waals surface area contributed by atoms with Crippen LogP contribution in [-0.2, 0) is 9.53 Å². The average molecular weight is 365 g/mol. The fourth-order valence-corrected chi connectivity index (χ4v) is 3.07. The summed E-state index contributed by atoms with van der Waals surface area (Å²) in [6.07, 6.45) is 0.390. The Kier molecular flexibility index (Phi) is 9.31. The first kappa shape index (κ1) is 20.0. The van der Waals surface area contributed by atoms with Gasteiger partial charge in [0.25, 0.3) is 0 Å². The van der Waals surface area contributed by atoms with Crippen molar-refractivity contribution in [1.29, 1.82) is 0 Å². The molecule has 1 aliphatic rings. The maximum absolute atomic E-state index is 13.9. The number of anilines is 1. The number of amides is 1. The minimum absolute atomic E-state index is 0. The molecule has 1 fully saturated rings. The smallest absolute Gasteiger partial charge is 0.225 e. The number of benzene rings is 1. The molecule has 0 aromatic heterocycles. The highest BCUT2D eigenvalue weighted by atomic mass is 35.5. The molecule has 0 saturated carbocycles. The third-order valence-corrected chi connectivity index (χ3v) is 4.32. The third kappa shape index (κ3) is 6.95. The van der Waals surface area contributed by atoms with E-state index in [9.17, 15) is 9.18 Å². The molecular weight excluding hydrogens is 343 g/mol. The van der Waals surface area contributed by atoms with E-state index >= 15 is 0 Å². The maximum Gasteiger partial charge on any atom is 0.225 e. The van der Waals surface area contributed by atoms with Crippen LogP contribution in [0.2, 0.25) is 0 Å². The largest absolute Gasteiger partial charge is 0.488 e. The van der Waals surface area contributed by atoms with Crippen molar-refractivity contribution < 1.29 is 18.7 Å². The lowest BCUT2D eigenvalue weighted by Gasteiger charge is -2.22. The van der Waals surface area contributed by atoms with E-state index in [1.165, 1.54) is 12.1 Å². The number of halogens is 2.